The highest BCUT2D eigenvalue weighted by Gasteiger charge is 2.35. The zero-order chi connectivity index (χ0) is 31.0. The molecule has 0 fully saturated rings. The number of nitrogens with one attached hydrogen (secondary N) is 1. The first kappa shape index (κ1) is 32.8. The third-order valence-electron chi connectivity index (χ3n) is 6.88. The van der Waals surface area contributed by atoms with Crippen LogP contribution in [0.4, 0.5) is 5.69 Å². The van der Waals surface area contributed by atoms with Gasteiger partial charge in [-0.15, -0.1) is 0 Å². The van der Waals surface area contributed by atoms with Crippen LogP contribution < -0.4 is 10.1 Å². The molecule has 0 saturated carbocycles. The maximum absolute atomic E-state index is 12.9. The number of fused-ring (bicyclic) bond motifs is 1. The second-order valence-electron chi connectivity index (χ2n) is 10.6. The van der Waals surface area contributed by atoms with Gasteiger partial charge in [0.15, 0.2) is 0 Å². The number of hydrogen-bond donors (Lipinski definition) is 2. The van der Waals surface area contributed by atoms with E-state index in [1.165, 1.54) is 0 Å². The van der Waals surface area contributed by atoms with E-state index in [1.54, 1.807) is 19.1 Å². The SMILES string of the molecule is CC(=CCc1c(OC(C)C)c(C)c2c(c1C(C)OC(=O)CCCC(=O)Nc1ccc(Br)cc1)C(=O)OC2)CCC(=O)O. The van der Waals surface area contributed by atoms with E-state index in [2.05, 4.69) is 21.2 Å². The fourth-order valence-corrected chi connectivity index (χ4v) is 5.07. The molecule has 1 atom stereocenters. The number of anilines is 1. The Bertz CT molecular complexity index is 1360. The molecular weight excluding hydrogens is 606 g/mol. The Morgan fingerprint density at radius 1 is 1.10 bits per heavy atom. The number of hydrogen-bond acceptors (Lipinski definition) is 7. The molecule has 3 rings (SSSR count). The summed E-state index contributed by atoms with van der Waals surface area (Å²) in [5.74, 6) is -1.47. The Hall–Kier alpha value is -3.66. The number of aliphatic carboxylic acids is 1. The summed E-state index contributed by atoms with van der Waals surface area (Å²) in [6, 6.07) is 7.21. The minimum Gasteiger partial charge on any atom is -0.490 e. The van der Waals surface area contributed by atoms with Gasteiger partial charge in [-0.2, -0.15) is 0 Å². The Morgan fingerprint density at radius 2 is 1.79 bits per heavy atom. The van der Waals surface area contributed by atoms with E-state index in [9.17, 15) is 19.2 Å². The highest BCUT2D eigenvalue weighted by atomic mass is 79.9. The van der Waals surface area contributed by atoms with Gasteiger partial charge in [-0.3, -0.25) is 14.4 Å². The molecule has 0 spiro atoms. The summed E-state index contributed by atoms with van der Waals surface area (Å²) >= 11 is 3.35. The van der Waals surface area contributed by atoms with Gasteiger partial charge in [0.1, 0.15) is 18.5 Å². The van der Waals surface area contributed by atoms with Crippen molar-refractivity contribution in [1.29, 1.82) is 0 Å². The maximum atomic E-state index is 12.9. The normalized spacial score (nSPS) is 13.4. The highest BCUT2D eigenvalue weighted by molar-refractivity contribution is 9.10. The molecule has 1 amide bonds. The van der Waals surface area contributed by atoms with Crippen molar-refractivity contribution in [2.24, 2.45) is 0 Å². The molecule has 2 aromatic rings. The fraction of sp³-hybridized carbons (Fsp3) is 0.438. The third-order valence-corrected chi connectivity index (χ3v) is 7.41. The number of benzene rings is 2. The van der Waals surface area contributed by atoms with Gasteiger partial charge < -0.3 is 24.6 Å². The third kappa shape index (κ3) is 8.92. The number of cyclic esters (lactones) is 1. The van der Waals surface area contributed by atoms with Crippen LogP contribution in [0.3, 0.4) is 0 Å². The molecule has 1 heterocycles. The van der Waals surface area contributed by atoms with Crippen LogP contribution in [0.2, 0.25) is 0 Å². The molecule has 1 aliphatic rings. The lowest BCUT2D eigenvalue weighted by Crippen LogP contribution is -2.18. The van der Waals surface area contributed by atoms with E-state index < -0.39 is 24.0 Å². The molecule has 42 heavy (non-hydrogen) atoms. The first-order valence-corrected chi connectivity index (χ1v) is 14.8. The van der Waals surface area contributed by atoms with Crippen molar-refractivity contribution < 1.29 is 38.5 Å². The van der Waals surface area contributed by atoms with E-state index in [0.717, 1.165) is 15.6 Å². The molecule has 0 radical (unpaired) electrons. The molecular formula is C32H38BrNO8. The molecule has 10 heteroatoms. The molecule has 1 unspecified atom stereocenters. The number of carboxylic acid groups (broad SMARTS) is 1. The number of allylic oxidation sites excluding steroid dienone is 2. The maximum Gasteiger partial charge on any atom is 0.339 e. The highest BCUT2D eigenvalue weighted by Crippen LogP contribution is 2.42. The number of rotatable bonds is 14. The minimum absolute atomic E-state index is 0.00918. The average molecular weight is 645 g/mol. The predicted molar refractivity (Wildman–Crippen MR) is 162 cm³/mol. The molecule has 226 valence electrons. The van der Waals surface area contributed by atoms with Gasteiger partial charge in [0.25, 0.3) is 0 Å². The quantitative estimate of drug-likeness (QED) is 0.167. The van der Waals surface area contributed by atoms with Crippen molar-refractivity contribution in [1.82, 2.24) is 0 Å². The van der Waals surface area contributed by atoms with Crippen molar-refractivity contribution in [2.75, 3.05) is 5.32 Å². The van der Waals surface area contributed by atoms with E-state index in [1.807, 2.05) is 45.9 Å². The Morgan fingerprint density at radius 3 is 2.43 bits per heavy atom. The van der Waals surface area contributed by atoms with E-state index in [-0.39, 0.29) is 37.9 Å². The largest absolute Gasteiger partial charge is 0.490 e. The zero-order valence-corrected chi connectivity index (χ0v) is 26.3. The topological polar surface area (TPSA) is 128 Å². The van der Waals surface area contributed by atoms with Crippen LogP contribution in [0.1, 0.15) is 98.5 Å². The second-order valence-corrected chi connectivity index (χ2v) is 11.5. The molecule has 2 N–H and O–H groups in total. The Balaban J connectivity index is 1.81. The molecule has 0 saturated heterocycles. The standard InChI is InChI=1S/C32H38BrNO8/c1-18(2)41-31-20(4)25-17-40-32(39)30(25)29(24(31)15-9-19(3)10-16-27(36)37)21(5)42-28(38)8-6-7-26(35)34-23-13-11-22(33)12-14-23/h9,11-14,18,21H,6-8,10,15-17H2,1-5H3,(H,34,35)(H,36,37). The summed E-state index contributed by atoms with van der Waals surface area (Å²) < 4.78 is 18.3. The molecule has 0 aliphatic carbocycles. The van der Waals surface area contributed by atoms with Crippen LogP contribution in [0.5, 0.6) is 5.75 Å². The van der Waals surface area contributed by atoms with Gasteiger partial charge >= 0.3 is 17.9 Å². The molecule has 2 aromatic carbocycles. The van der Waals surface area contributed by atoms with Crippen molar-refractivity contribution in [2.45, 2.75) is 92.0 Å². The Kier molecular flexibility index (Phi) is 11.7. The minimum atomic E-state index is -0.880. The fourth-order valence-electron chi connectivity index (χ4n) is 4.80. The molecule has 9 nitrogen and oxygen atoms in total. The van der Waals surface area contributed by atoms with E-state index in [0.29, 0.717) is 53.0 Å². The smallest absolute Gasteiger partial charge is 0.339 e. The monoisotopic (exact) mass is 643 g/mol. The first-order chi connectivity index (χ1) is 19.9. The number of carbonyl (C=O) groups excluding carboxylic acids is 3. The summed E-state index contributed by atoms with van der Waals surface area (Å²) in [6.07, 6.45) is 2.16. The number of carbonyl (C=O) groups is 4. The molecule has 0 bridgehead atoms. The zero-order valence-electron chi connectivity index (χ0n) is 24.7. The lowest BCUT2D eigenvalue weighted by Gasteiger charge is -2.25. The van der Waals surface area contributed by atoms with Crippen molar-refractivity contribution in [3.63, 3.8) is 0 Å². The van der Waals surface area contributed by atoms with Crippen LogP contribution in [-0.2, 0) is 36.9 Å². The van der Waals surface area contributed by atoms with Crippen LogP contribution in [0.25, 0.3) is 0 Å². The van der Waals surface area contributed by atoms with Gasteiger partial charge in [0.2, 0.25) is 5.91 Å². The number of amides is 1. The number of halogens is 1. The summed E-state index contributed by atoms with van der Waals surface area (Å²) in [5.41, 5.74) is 4.64. The molecule has 0 aromatic heterocycles. The lowest BCUT2D eigenvalue weighted by atomic mass is 9.87. The molecule has 1 aliphatic heterocycles. The summed E-state index contributed by atoms with van der Waals surface area (Å²) in [5, 5.41) is 11.9. The summed E-state index contributed by atoms with van der Waals surface area (Å²) in [6.45, 7) is 9.35. The van der Waals surface area contributed by atoms with Crippen LogP contribution in [0.15, 0.2) is 40.4 Å². The van der Waals surface area contributed by atoms with Crippen LogP contribution in [-0.4, -0.2) is 35.0 Å². The summed E-state index contributed by atoms with van der Waals surface area (Å²) in [4.78, 5) is 49.1. The first-order valence-electron chi connectivity index (χ1n) is 14.0. The van der Waals surface area contributed by atoms with Gasteiger partial charge in [-0.05, 0) is 83.7 Å². The average Bonchev–Trinajstić information content (AvgIpc) is 3.30. The number of carboxylic acids is 1. The Labute approximate surface area is 254 Å². The van der Waals surface area contributed by atoms with Crippen LogP contribution in [0, 0.1) is 6.92 Å². The lowest BCUT2D eigenvalue weighted by molar-refractivity contribution is -0.148. The van der Waals surface area contributed by atoms with Gasteiger partial charge in [-0.25, -0.2) is 4.79 Å². The van der Waals surface area contributed by atoms with Crippen molar-refractivity contribution >= 4 is 45.4 Å². The van der Waals surface area contributed by atoms with Crippen molar-refractivity contribution in [3.8, 4) is 5.75 Å². The number of esters is 2. The predicted octanol–water partition coefficient (Wildman–Crippen LogP) is 6.98. The second kappa shape index (κ2) is 15.0. The van der Waals surface area contributed by atoms with E-state index >= 15 is 0 Å². The van der Waals surface area contributed by atoms with Gasteiger partial charge in [0, 0.05) is 46.1 Å². The number of ether oxygens (including phenoxy) is 3. The van der Waals surface area contributed by atoms with E-state index in [4.69, 9.17) is 19.3 Å². The van der Waals surface area contributed by atoms with Gasteiger partial charge in [0.05, 0.1) is 11.7 Å². The summed E-state index contributed by atoms with van der Waals surface area (Å²) in [7, 11) is 0. The van der Waals surface area contributed by atoms with Crippen molar-refractivity contribution in [3.05, 3.63) is 68.2 Å². The van der Waals surface area contributed by atoms with Gasteiger partial charge in [-0.1, -0.05) is 27.6 Å². The van der Waals surface area contributed by atoms with Crippen LogP contribution >= 0.6 is 15.9 Å².